The maximum atomic E-state index is 12.3. The molecule has 132 valence electrons. The van der Waals surface area contributed by atoms with E-state index >= 15 is 0 Å². The number of carbonyl (C=O) groups excluding carboxylic acids is 1. The second-order valence-corrected chi connectivity index (χ2v) is 6.55. The predicted octanol–water partition coefficient (Wildman–Crippen LogP) is 4.83. The molecule has 0 aromatic heterocycles. The Kier molecular flexibility index (Phi) is 5.54. The Morgan fingerprint density at radius 1 is 1.00 bits per heavy atom. The molecule has 0 unspecified atom stereocenters. The van der Waals surface area contributed by atoms with E-state index in [1.165, 1.54) is 5.39 Å². The van der Waals surface area contributed by atoms with Gasteiger partial charge in [-0.05, 0) is 54.4 Å². The number of nitrogens with zero attached hydrogens (tertiary/aromatic N) is 1. The van der Waals surface area contributed by atoms with Gasteiger partial charge in [-0.3, -0.25) is 4.79 Å². The summed E-state index contributed by atoms with van der Waals surface area (Å²) in [5.74, 6) is -0.217. The third-order valence-corrected chi connectivity index (χ3v) is 4.34. The number of anilines is 1. The van der Waals surface area contributed by atoms with E-state index in [4.69, 9.17) is 11.6 Å². The first-order chi connectivity index (χ1) is 12.5. The smallest absolute Gasteiger partial charge is 0.262 e. The van der Waals surface area contributed by atoms with Crippen LogP contribution in [0.3, 0.4) is 0 Å². The highest BCUT2D eigenvalue weighted by Crippen LogP contribution is 2.17. The fourth-order valence-corrected chi connectivity index (χ4v) is 2.80. The second kappa shape index (κ2) is 8.02. The van der Waals surface area contributed by atoms with Crippen molar-refractivity contribution < 1.29 is 4.79 Å². The van der Waals surface area contributed by atoms with Crippen LogP contribution in [0, 0.1) is 0 Å². The fraction of sp³-hybridized carbons (Fsp3) is 0.143. The average Bonchev–Trinajstić information content (AvgIpc) is 2.65. The Morgan fingerprint density at radius 2 is 1.77 bits per heavy atom. The van der Waals surface area contributed by atoms with Gasteiger partial charge in [-0.2, -0.15) is 5.10 Å². The molecule has 0 saturated carbocycles. The molecule has 1 amide bonds. The van der Waals surface area contributed by atoms with Crippen molar-refractivity contribution in [3.63, 3.8) is 0 Å². The average molecular weight is 366 g/mol. The number of carbonyl (C=O) groups is 1. The van der Waals surface area contributed by atoms with E-state index in [1.807, 2.05) is 37.3 Å². The number of amides is 1. The number of hydrazone groups is 1. The van der Waals surface area contributed by atoms with Gasteiger partial charge >= 0.3 is 0 Å². The predicted molar refractivity (Wildman–Crippen MR) is 109 cm³/mol. The Hall–Kier alpha value is -2.85. The Balaban J connectivity index is 1.66. The molecule has 0 aliphatic carbocycles. The molecule has 0 aliphatic rings. The number of hydrogen-bond donors (Lipinski definition) is 2. The van der Waals surface area contributed by atoms with Gasteiger partial charge < -0.3 is 5.32 Å². The number of fused-ring (bicyclic) bond motifs is 1. The van der Waals surface area contributed by atoms with Gasteiger partial charge in [0, 0.05) is 10.7 Å². The summed E-state index contributed by atoms with van der Waals surface area (Å²) in [4.78, 5) is 12.3. The zero-order valence-corrected chi connectivity index (χ0v) is 15.4. The van der Waals surface area contributed by atoms with Crippen LogP contribution in [0.4, 0.5) is 5.69 Å². The third kappa shape index (κ3) is 4.41. The lowest BCUT2D eigenvalue weighted by Crippen LogP contribution is -2.35. The minimum Gasteiger partial charge on any atom is -0.374 e. The van der Waals surface area contributed by atoms with Crippen molar-refractivity contribution in [3.8, 4) is 0 Å². The molecule has 3 aromatic carbocycles. The van der Waals surface area contributed by atoms with Crippen molar-refractivity contribution in [2.75, 3.05) is 5.32 Å². The molecular formula is C21H20ClN3O. The van der Waals surface area contributed by atoms with Crippen molar-refractivity contribution in [1.29, 1.82) is 0 Å². The molecule has 0 saturated heterocycles. The van der Waals surface area contributed by atoms with E-state index in [1.54, 1.807) is 19.1 Å². The summed E-state index contributed by atoms with van der Waals surface area (Å²) < 4.78 is 0. The van der Waals surface area contributed by atoms with Gasteiger partial charge in [0.05, 0.1) is 5.71 Å². The molecule has 0 radical (unpaired) electrons. The first-order valence-electron chi connectivity index (χ1n) is 8.38. The van der Waals surface area contributed by atoms with Gasteiger partial charge in [0.1, 0.15) is 6.04 Å². The zero-order valence-electron chi connectivity index (χ0n) is 14.7. The number of hydrogen-bond acceptors (Lipinski definition) is 3. The van der Waals surface area contributed by atoms with Crippen LogP contribution in [0.1, 0.15) is 19.4 Å². The molecule has 1 atom stereocenters. The molecule has 0 heterocycles. The van der Waals surface area contributed by atoms with Gasteiger partial charge in [0.2, 0.25) is 0 Å². The van der Waals surface area contributed by atoms with Crippen LogP contribution in [0.15, 0.2) is 71.8 Å². The van der Waals surface area contributed by atoms with Gasteiger partial charge in [-0.15, -0.1) is 0 Å². The van der Waals surface area contributed by atoms with Crippen LogP contribution in [-0.4, -0.2) is 17.7 Å². The molecule has 26 heavy (non-hydrogen) atoms. The molecule has 4 nitrogen and oxygen atoms in total. The lowest BCUT2D eigenvalue weighted by molar-refractivity contribution is -0.121. The Labute approximate surface area is 157 Å². The number of benzene rings is 3. The molecule has 0 aliphatic heterocycles. The number of halogens is 1. The summed E-state index contributed by atoms with van der Waals surface area (Å²) in [6.07, 6.45) is 0. The van der Waals surface area contributed by atoms with E-state index in [9.17, 15) is 4.79 Å². The standard InChI is InChI=1S/C21H20ClN3O/c1-14(17-11-10-16-6-3-4-7-18(16)12-17)24-25-21(26)15(2)23-20-9-5-8-19(22)13-20/h3-13,15,23H,1-2H3,(H,25,26)/b24-14+/t15-/m0/s1. The highest BCUT2D eigenvalue weighted by molar-refractivity contribution is 6.30. The molecule has 3 rings (SSSR count). The van der Waals surface area contributed by atoms with Crippen LogP contribution in [0.5, 0.6) is 0 Å². The summed E-state index contributed by atoms with van der Waals surface area (Å²) in [6, 6.07) is 21.1. The lowest BCUT2D eigenvalue weighted by atomic mass is 10.0. The van der Waals surface area contributed by atoms with Crippen LogP contribution < -0.4 is 10.7 Å². The first kappa shape index (κ1) is 18.0. The van der Waals surface area contributed by atoms with E-state index in [2.05, 4.69) is 40.1 Å². The van der Waals surface area contributed by atoms with Crippen LogP contribution in [0.2, 0.25) is 5.02 Å². The second-order valence-electron chi connectivity index (χ2n) is 6.11. The summed E-state index contributed by atoms with van der Waals surface area (Å²) in [7, 11) is 0. The summed E-state index contributed by atoms with van der Waals surface area (Å²) >= 11 is 5.96. The van der Waals surface area contributed by atoms with Crippen molar-refractivity contribution in [2.24, 2.45) is 5.10 Å². The highest BCUT2D eigenvalue weighted by atomic mass is 35.5. The third-order valence-electron chi connectivity index (χ3n) is 4.10. The van der Waals surface area contributed by atoms with Crippen LogP contribution in [0.25, 0.3) is 10.8 Å². The van der Waals surface area contributed by atoms with Crippen molar-refractivity contribution in [1.82, 2.24) is 5.43 Å². The maximum absolute atomic E-state index is 12.3. The fourth-order valence-electron chi connectivity index (χ4n) is 2.61. The van der Waals surface area contributed by atoms with E-state index in [-0.39, 0.29) is 5.91 Å². The van der Waals surface area contributed by atoms with Gasteiger partial charge in [-0.25, -0.2) is 5.43 Å². The molecule has 2 N–H and O–H groups in total. The normalized spacial score (nSPS) is 12.7. The topological polar surface area (TPSA) is 53.5 Å². The van der Waals surface area contributed by atoms with Crippen molar-refractivity contribution >= 4 is 39.7 Å². The maximum Gasteiger partial charge on any atom is 0.262 e. The van der Waals surface area contributed by atoms with Crippen molar-refractivity contribution in [3.05, 3.63) is 77.3 Å². The molecule has 3 aromatic rings. The van der Waals surface area contributed by atoms with E-state index < -0.39 is 6.04 Å². The quantitative estimate of drug-likeness (QED) is 0.502. The monoisotopic (exact) mass is 365 g/mol. The lowest BCUT2D eigenvalue weighted by Gasteiger charge is -2.14. The SMILES string of the molecule is C/C(=N\NC(=O)[C@H](C)Nc1cccc(Cl)c1)c1ccc2ccccc2c1. The van der Waals surface area contributed by atoms with Gasteiger partial charge in [-0.1, -0.05) is 54.1 Å². The number of nitrogens with one attached hydrogen (secondary N) is 2. The highest BCUT2D eigenvalue weighted by Gasteiger charge is 2.12. The molecule has 5 heteroatoms. The largest absolute Gasteiger partial charge is 0.374 e. The van der Waals surface area contributed by atoms with Gasteiger partial charge in [0.25, 0.3) is 5.91 Å². The Bertz CT molecular complexity index is 968. The molecule has 0 fully saturated rings. The first-order valence-corrected chi connectivity index (χ1v) is 8.76. The summed E-state index contributed by atoms with van der Waals surface area (Å²) in [6.45, 7) is 3.65. The van der Waals surface area contributed by atoms with Gasteiger partial charge in [0.15, 0.2) is 0 Å². The Morgan fingerprint density at radius 3 is 2.54 bits per heavy atom. The summed E-state index contributed by atoms with van der Waals surface area (Å²) in [5.41, 5.74) is 5.13. The van der Waals surface area contributed by atoms with Crippen molar-refractivity contribution in [2.45, 2.75) is 19.9 Å². The van der Waals surface area contributed by atoms with Crippen LogP contribution in [-0.2, 0) is 4.79 Å². The minimum absolute atomic E-state index is 0.217. The van der Waals surface area contributed by atoms with Crippen LogP contribution >= 0.6 is 11.6 Å². The van der Waals surface area contributed by atoms with E-state index in [0.29, 0.717) is 5.02 Å². The number of rotatable bonds is 5. The summed E-state index contributed by atoms with van der Waals surface area (Å²) in [5, 5.41) is 10.3. The zero-order chi connectivity index (χ0) is 18.5. The molecule has 0 spiro atoms. The minimum atomic E-state index is -0.443. The molecule has 0 bridgehead atoms. The molecular weight excluding hydrogens is 346 g/mol. The van der Waals surface area contributed by atoms with E-state index in [0.717, 1.165) is 22.3 Å².